The molecule has 0 heterocycles. The van der Waals surface area contributed by atoms with Crippen LogP contribution < -0.4 is 9.88 Å². The van der Waals surface area contributed by atoms with Crippen molar-refractivity contribution < 1.29 is 13.2 Å². The average Bonchev–Trinajstić information content (AvgIpc) is 2.61. The fourth-order valence-corrected chi connectivity index (χ4v) is 3.68. The molecular weight excluding hydrogens is 358 g/mol. The molecule has 6 heteroatoms. The molecule has 0 aromatic heterocycles. The molecule has 0 saturated heterocycles. The Hall–Kier alpha value is -2.34. The number of nitrogens with two attached hydrogens (primary N) is 1. The van der Waals surface area contributed by atoms with Crippen LogP contribution in [0.4, 0.5) is 0 Å². The number of sulfonamides is 1. The summed E-state index contributed by atoms with van der Waals surface area (Å²) < 4.78 is 29.2. The third-order valence-corrected chi connectivity index (χ3v) is 5.15. The highest BCUT2D eigenvalue weighted by atomic mass is 35.5. The van der Waals surface area contributed by atoms with Crippen molar-refractivity contribution >= 4 is 21.6 Å². The zero-order valence-corrected chi connectivity index (χ0v) is 15.0. The van der Waals surface area contributed by atoms with Crippen LogP contribution in [-0.2, 0) is 10.0 Å². The van der Waals surface area contributed by atoms with E-state index in [4.69, 9.17) is 21.5 Å². The average molecular weight is 374 g/mol. The smallest absolute Gasteiger partial charge is 0.238 e. The Morgan fingerprint density at radius 2 is 1.48 bits per heavy atom. The van der Waals surface area contributed by atoms with Gasteiger partial charge in [0.1, 0.15) is 5.75 Å². The lowest BCUT2D eigenvalue weighted by Gasteiger charge is -2.14. The van der Waals surface area contributed by atoms with Crippen molar-refractivity contribution in [3.05, 3.63) is 71.8 Å². The van der Waals surface area contributed by atoms with E-state index in [1.54, 1.807) is 31.4 Å². The predicted molar refractivity (Wildman–Crippen MR) is 100 cm³/mol. The van der Waals surface area contributed by atoms with Gasteiger partial charge >= 0.3 is 0 Å². The van der Waals surface area contributed by atoms with Crippen LogP contribution in [0.25, 0.3) is 22.3 Å². The summed E-state index contributed by atoms with van der Waals surface area (Å²) in [5.41, 5.74) is 3.03. The molecule has 3 rings (SSSR count). The summed E-state index contributed by atoms with van der Waals surface area (Å²) in [5.74, 6) is 0.550. The minimum atomic E-state index is -3.85. The molecule has 3 aromatic rings. The first-order valence-electron chi connectivity index (χ1n) is 7.47. The van der Waals surface area contributed by atoms with Crippen LogP contribution in [0.1, 0.15) is 0 Å². The minimum absolute atomic E-state index is 0.0865. The van der Waals surface area contributed by atoms with Gasteiger partial charge in [-0.05, 0) is 34.9 Å². The van der Waals surface area contributed by atoms with Crippen LogP contribution >= 0.6 is 11.6 Å². The van der Waals surface area contributed by atoms with Crippen LogP contribution in [0.3, 0.4) is 0 Å². The van der Waals surface area contributed by atoms with Gasteiger partial charge in [-0.2, -0.15) is 0 Å². The molecule has 0 spiro atoms. The summed E-state index contributed by atoms with van der Waals surface area (Å²) in [4.78, 5) is 0.0865. The fourth-order valence-electron chi connectivity index (χ4n) is 2.73. The Balaban J connectivity index is 2.26. The summed E-state index contributed by atoms with van der Waals surface area (Å²) in [5, 5.41) is 5.89. The molecule has 0 aliphatic heterocycles. The lowest BCUT2D eigenvalue weighted by Crippen LogP contribution is -2.13. The molecule has 0 saturated carbocycles. The number of hydrogen-bond donors (Lipinski definition) is 1. The summed E-state index contributed by atoms with van der Waals surface area (Å²) in [7, 11) is -2.30. The van der Waals surface area contributed by atoms with Crippen LogP contribution in [0, 0.1) is 0 Å². The van der Waals surface area contributed by atoms with Crippen LogP contribution in [-0.4, -0.2) is 15.5 Å². The van der Waals surface area contributed by atoms with E-state index in [9.17, 15) is 8.42 Å². The highest BCUT2D eigenvalue weighted by Crippen LogP contribution is 2.37. The topological polar surface area (TPSA) is 69.4 Å². The van der Waals surface area contributed by atoms with E-state index in [1.807, 2.05) is 36.4 Å². The first kappa shape index (κ1) is 17.5. The minimum Gasteiger partial charge on any atom is -0.495 e. The monoisotopic (exact) mass is 373 g/mol. The molecule has 2 N–H and O–H groups in total. The highest BCUT2D eigenvalue weighted by Gasteiger charge is 2.17. The number of rotatable bonds is 4. The van der Waals surface area contributed by atoms with Gasteiger partial charge in [0.05, 0.1) is 17.0 Å². The van der Waals surface area contributed by atoms with E-state index < -0.39 is 10.0 Å². The van der Waals surface area contributed by atoms with Crippen molar-refractivity contribution in [2.45, 2.75) is 4.90 Å². The zero-order valence-electron chi connectivity index (χ0n) is 13.4. The van der Waals surface area contributed by atoms with Crippen LogP contribution in [0.5, 0.6) is 5.75 Å². The van der Waals surface area contributed by atoms with E-state index in [2.05, 4.69) is 0 Å². The molecule has 3 aromatic carbocycles. The second-order valence-electron chi connectivity index (χ2n) is 5.44. The number of hydrogen-bond acceptors (Lipinski definition) is 3. The van der Waals surface area contributed by atoms with Gasteiger partial charge < -0.3 is 4.74 Å². The Bertz CT molecular complexity index is 1030. The van der Waals surface area contributed by atoms with Gasteiger partial charge in [0.15, 0.2) is 0 Å². The van der Waals surface area contributed by atoms with Gasteiger partial charge in [-0.15, -0.1) is 0 Å². The first-order valence-corrected chi connectivity index (χ1v) is 9.39. The van der Waals surface area contributed by atoms with Gasteiger partial charge in [0, 0.05) is 5.56 Å². The molecule has 0 atom stereocenters. The van der Waals surface area contributed by atoms with Crippen molar-refractivity contribution in [2.24, 2.45) is 5.14 Å². The summed E-state index contributed by atoms with van der Waals surface area (Å²) >= 11 is 6.10. The van der Waals surface area contributed by atoms with Gasteiger partial charge in [0.25, 0.3) is 0 Å². The maximum absolute atomic E-state index is 12.0. The molecule has 25 heavy (non-hydrogen) atoms. The van der Waals surface area contributed by atoms with E-state index >= 15 is 0 Å². The summed E-state index contributed by atoms with van der Waals surface area (Å²) in [6.07, 6.45) is 0. The quantitative estimate of drug-likeness (QED) is 0.740. The Kier molecular flexibility index (Phi) is 4.81. The highest BCUT2D eigenvalue weighted by molar-refractivity contribution is 7.89. The number of ether oxygens (including phenoxy) is 1. The second kappa shape index (κ2) is 6.88. The molecule has 0 aliphatic rings. The third-order valence-electron chi connectivity index (χ3n) is 3.87. The molecule has 0 radical (unpaired) electrons. The lowest BCUT2D eigenvalue weighted by atomic mass is 9.94. The first-order chi connectivity index (χ1) is 11.9. The summed E-state index contributed by atoms with van der Waals surface area (Å²) in [6, 6.07) is 19.6. The van der Waals surface area contributed by atoms with E-state index in [-0.39, 0.29) is 4.90 Å². The predicted octanol–water partition coefficient (Wildman–Crippen LogP) is 4.33. The van der Waals surface area contributed by atoms with Crippen molar-refractivity contribution in [3.8, 4) is 28.0 Å². The molecule has 0 bridgehead atoms. The molecule has 0 fully saturated rings. The van der Waals surface area contributed by atoms with E-state index in [1.165, 1.54) is 6.07 Å². The largest absolute Gasteiger partial charge is 0.495 e. The summed E-state index contributed by atoms with van der Waals surface area (Å²) in [6.45, 7) is 0. The van der Waals surface area contributed by atoms with Gasteiger partial charge in [0.2, 0.25) is 10.0 Å². The van der Waals surface area contributed by atoms with Gasteiger partial charge in [-0.3, -0.25) is 0 Å². The maximum atomic E-state index is 12.0. The van der Waals surface area contributed by atoms with Gasteiger partial charge in [-0.25, -0.2) is 13.6 Å². The third kappa shape index (κ3) is 3.54. The number of halogens is 1. The SMILES string of the molecule is COc1cc(-c2ccccc2-c2ccccc2S(N)(=O)=O)ccc1Cl. The van der Waals surface area contributed by atoms with Crippen LogP contribution in [0.2, 0.25) is 5.02 Å². The van der Waals surface area contributed by atoms with E-state index in [0.29, 0.717) is 16.3 Å². The maximum Gasteiger partial charge on any atom is 0.238 e. The molecule has 4 nitrogen and oxygen atoms in total. The zero-order chi connectivity index (χ0) is 18.0. The standard InChI is InChI=1S/C19H16ClNO3S/c1-24-18-12-13(10-11-17(18)20)14-6-2-3-7-15(14)16-8-4-5-9-19(16)25(21,22)23/h2-12H,1H3,(H2,21,22,23). The number of primary sulfonamides is 1. The Labute approximate surface area is 151 Å². The van der Waals surface area contributed by atoms with Crippen molar-refractivity contribution in [1.29, 1.82) is 0 Å². The lowest BCUT2D eigenvalue weighted by molar-refractivity contribution is 0.415. The fraction of sp³-hybridized carbons (Fsp3) is 0.0526. The molecule has 0 unspecified atom stereocenters. The van der Waals surface area contributed by atoms with E-state index in [0.717, 1.165) is 16.7 Å². The van der Waals surface area contributed by atoms with Gasteiger partial charge in [-0.1, -0.05) is 60.1 Å². The normalized spacial score (nSPS) is 11.3. The molecule has 128 valence electrons. The Morgan fingerprint density at radius 1 is 0.880 bits per heavy atom. The molecule has 0 amide bonds. The molecular formula is C19H16ClNO3S. The van der Waals surface area contributed by atoms with Crippen molar-refractivity contribution in [3.63, 3.8) is 0 Å². The molecule has 0 aliphatic carbocycles. The number of methoxy groups -OCH3 is 1. The van der Waals surface area contributed by atoms with Crippen molar-refractivity contribution in [1.82, 2.24) is 0 Å². The number of benzene rings is 3. The van der Waals surface area contributed by atoms with Crippen LogP contribution in [0.15, 0.2) is 71.6 Å². The Morgan fingerprint density at radius 3 is 2.12 bits per heavy atom. The second-order valence-corrected chi connectivity index (χ2v) is 7.37. The van der Waals surface area contributed by atoms with Crippen molar-refractivity contribution in [2.75, 3.05) is 7.11 Å².